The second-order valence-corrected chi connectivity index (χ2v) is 5.94. The molecular weight excluding hydrogens is 258 g/mol. The van der Waals surface area contributed by atoms with Crippen LogP contribution in [0.1, 0.15) is 44.7 Å². The minimum absolute atomic E-state index is 0.216. The molecule has 0 amide bonds. The summed E-state index contributed by atoms with van der Waals surface area (Å²) in [6.45, 7) is 9.33. The quantitative estimate of drug-likeness (QED) is 0.785. The molecule has 0 aromatic heterocycles. The van der Waals surface area contributed by atoms with Crippen LogP contribution in [0.2, 0.25) is 0 Å². The fraction of sp³-hybridized carbons (Fsp3) is 0.368. The van der Waals surface area contributed by atoms with Gasteiger partial charge in [-0.05, 0) is 55.2 Å². The van der Waals surface area contributed by atoms with Crippen LogP contribution in [0.15, 0.2) is 48.5 Å². The van der Waals surface area contributed by atoms with Gasteiger partial charge < -0.3 is 10.1 Å². The Morgan fingerprint density at radius 1 is 0.952 bits per heavy atom. The molecule has 0 aliphatic heterocycles. The van der Waals surface area contributed by atoms with Crippen molar-refractivity contribution in [2.45, 2.75) is 46.3 Å². The summed E-state index contributed by atoms with van der Waals surface area (Å²) in [5, 5.41) is 3.48. The van der Waals surface area contributed by atoms with Gasteiger partial charge in [0.25, 0.3) is 0 Å². The Kier molecular flexibility index (Phi) is 5.26. The van der Waals surface area contributed by atoms with Gasteiger partial charge in [0.15, 0.2) is 0 Å². The highest BCUT2D eigenvalue weighted by molar-refractivity contribution is 5.47. The van der Waals surface area contributed by atoms with Crippen LogP contribution in [0.5, 0.6) is 5.75 Å². The summed E-state index contributed by atoms with van der Waals surface area (Å²) >= 11 is 0. The summed E-state index contributed by atoms with van der Waals surface area (Å²) in [6, 6.07) is 16.9. The summed E-state index contributed by atoms with van der Waals surface area (Å²) in [7, 11) is 0. The van der Waals surface area contributed by atoms with Gasteiger partial charge in [-0.2, -0.15) is 0 Å². The van der Waals surface area contributed by atoms with E-state index in [2.05, 4.69) is 55.6 Å². The number of nitrogens with one attached hydrogen (secondary N) is 1. The molecular formula is C19H25NO. The lowest BCUT2D eigenvalue weighted by Gasteiger charge is -2.12. The van der Waals surface area contributed by atoms with Crippen LogP contribution in [0.25, 0.3) is 0 Å². The molecule has 0 saturated heterocycles. The summed E-state index contributed by atoms with van der Waals surface area (Å²) < 4.78 is 5.65. The van der Waals surface area contributed by atoms with Gasteiger partial charge in [-0.25, -0.2) is 0 Å². The molecule has 0 fully saturated rings. The highest BCUT2D eigenvalue weighted by Crippen LogP contribution is 2.19. The fourth-order valence-electron chi connectivity index (χ4n) is 2.17. The van der Waals surface area contributed by atoms with Crippen molar-refractivity contribution in [3.63, 3.8) is 0 Å². The number of benzene rings is 2. The first-order valence-electron chi connectivity index (χ1n) is 7.64. The smallest absolute Gasteiger partial charge is 0.119 e. The van der Waals surface area contributed by atoms with Gasteiger partial charge in [0.2, 0.25) is 0 Å². The van der Waals surface area contributed by atoms with Crippen molar-refractivity contribution in [3.8, 4) is 5.75 Å². The topological polar surface area (TPSA) is 21.3 Å². The summed E-state index contributed by atoms with van der Waals surface area (Å²) in [6.07, 6.45) is 0.216. The van der Waals surface area contributed by atoms with Crippen LogP contribution in [-0.4, -0.2) is 6.10 Å². The second-order valence-electron chi connectivity index (χ2n) is 5.94. The molecule has 0 saturated carbocycles. The third kappa shape index (κ3) is 4.82. The molecule has 0 spiro atoms. The van der Waals surface area contributed by atoms with Crippen molar-refractivity contribution in [2.75, 3.05) is 5.32 Å². The van der Waals surface area contributed by atoms with Gasteiger partial charge >= 0.3 is 0 Å². The summed E-state index contributed by atoms with van der Waals surface area (Å²) in [5.41, 5.74) is 3.78. The Balaban J connectivity index is 1.95. The first-order valence-corrected chi connectivity index (χ1v) is 7.64. The van der Waals surface area contributed by atoms with E-state index in [0.717, 1.165) is 12.3 Å². The lowest BCUT2D eigenvalue weighted by Crippen LogP contribution is -2.05. The molecule has 2 nitrogen and oxygen atoms in total. The zero-order valence-electron chi connectivity index (χ0n) is 13.4. The fourth-order valence-corrected chi connectivity index (χ4v) is 2.17. The van der Waals surface area contributed by atoms with E-state index in [-0.39, 0.29) is 6.10 Å². The molecule has 2 rings (SSSR count). The van der Waals surface area contributed by atoms with Gasteiger partial charge in [-0.3, -0.25) is 0 Å². The number of hydrogen-bond donors (Lipinski definition) is 1. The van der Waals surface area contributed by atoms with Crippen molar-refractivity contribution in [1.29, 1.82) is 0 Å². The molecule has 0 atom stereocenters. The maximum atomic E-state index is 5.65. The lowest BCUT2D eigenvalue weighted by atomic mass is 10.0. The molecule has 0 unspecified atom stereocenters. The zero-order valence-corrected chi connectivity index (χ0v) is 13.4. The van der Waals surface area contributed by atoms with E-state index in [1.807, 2.05) is 26.0 Å². The Morgan fingerprint density at radius 2 is 1.67 bits per heavy atom. The number of rotatable bonds is 6. The van der Waals surface area contributed by atoms with E-state index >= 15 is 0 Å². The van der Waals surface area contributed by atoms with E-state index in [1.165, 1.54) is 16.8 Å². The maximum absolute atomic E-state index is 5.65. The standard InChI is InChI=1S/C19H25NO/c1-14(2)17-6-5-7-18(12-17)20-13-16-8-10-19(11-9-16)21-15(3)4/h5-12,14-15,20H,13H2,1-4H3. The minimum atomic E-state index is 0.216. The Labute approximate surface area is 128 Å². The third-order valence-corrected chi connectivity index (χ3v) is 3.35. The molecule has 112 valence electrons. The van der Waals surface area contributed by atoms with Crippen LogP contribution in [0.4, 0.5) is 5.69 Å². The monoisotopic (exact) mass is 283 g/mol. The largest absolute Gasteiger partial charge is 0.491 e. The lowest BCUT2D eigenvalue weighted by molar-refractivity contribution is 0.242. The number of hydrogen-bond acceptors (Lipinski definition) is 2. The first kappa shape index (κ1) is 15.4. The average Bonchev–Trinajstić information content (AvgIpc) is 2.46. The first-order chi connectivity index (χ1) is 10.0. The van der Waals surface area contributed by atoms with Gasteiger partial charge in [0.05, 0.1) is 6.10 Å². The molecule has 0 radical (unpaired) electrons. The predicted octanol–water partition coefficient (Wildman–Crippen LogP) is 5.21. The van der Waals surface area contributed by atoms with E-state index in [9.17, 15) is 0 Å². The van der Waals surface area contributed by atoms with E-state index in [0.29, 0.717) is 5.92 Å². The van der Waals surface area contributed by atoms with Crippen molar-refractivity contribution < 1.29 is 4.74 Å². The van der Waals surface area contributed by atoms with Crippen LogP contribution in [0.3, 0.4) is 0 Å². The van der Waals surface area contributed by atoms with Crippen molar-refractivity contribution >= 4 is 5.69 Å². The van der Waals surface area contributed by atoms with Crippen LogP contribution in [0, 0.1) is 0 Å². The highest BCUT2D eigenvalue weighted by Gasteiger charge is 2.01. The molecule has 2 aromatic rings. The molecule has 1 N–H and O–H groups in total. The molecule has 0 heterocycles. The summed E-state index contributed by atoms with van der Waals surface area (Å²) in [5.74, 6) is 1.48. The van der Waals surface area contributed by atoms with Gasteiger partial charge in [0, 0.05) is 12.2 Å². The van der Waals surface area contributed by atoms with E-state index in [1.54, 1.807) is 0 Å². The number of anilines is 1. The molecule has 2 heteroatoms. The van der Waals surface area contributed by atoms with E-state index < -0.39 is 0 Å². The van der Waals surface area contributed by atoms with Crippen LogP contribution < -0.4 is 10.1 Å². The molecule has 21 heavy (non-hydrogen) atoms. The third-order valence-electron chi connectivity index (χ3n) is 3.35. The Morgan fingerprint density at radius 3 is 2.29 bits per heavy atom. The Bertz CT molecular complexity index is 558. The molecule has 0 bridgehead atoms. The maximum Gasteiger partial charge on any atom is 0.119 e. The minimum Gasteiger partial charge on any atom is -0.491 e. The van der Waals surface area contributed by atoms with Gasteiger partial charge in [0.1, 0.15) is 5.75 Å². The average molecular weight is 283 g/mol. The van der Waals surface area contributed by atoms with Gasteiger partial charge in [-0.1, -0.05) is 38.1 Å². The van der Waals surface area contributed by atoms with Crippen LogP contribution in [-0.2, 0) is 6.54 Å². The normalized spacial score (nSPS) is 11.0. The van der Waals surface area contributed by atoms with Crippen LogP contribution >= 0.6 is 0 Å². The highest BCUT2D eigenvalue weighted by atomic mass is 16.5. The SMILES string of the molecule is CC(C)Oc1ccc(CNc2cccc(C(C)C)c2)cc1. The Hall–Kier alpha value is -1.96. The van der Waals surface area contributed by atoms with Crippen molar-refractivity contribution in [2.24, 2.45) is 0 Å². The van der Waals surface area contributed by atoms with Crippen molar-refractivity contribution in [1.82, 2.24) is 0 Å². The summed E-state index contributed by atoms with van der Waals surface area (Å²) in [4.78, 5) is 0. The molecule has 2 aromatic carbocycles. The van der Waals surface area contributed by atoms with Gasteiger partial charge in [-0.15, -0.1) is 0 Å². The number of ether oxygens (including phenoxy) is 1. The molecule has 0 aliphatic rings. The van der Waals surface area contributed by atoms with E-state index in [4.69, 9.17) is 4.74 Å². The zero-order chi connectivity index (χ0) is 15.2. The molecule has 0 aliphatic carbocycles. The van der Waals surface area contributed by atoms with Crippen molar-refractivity contribution in [3.05, 3.63) is 59.7 Å². The second kappa shape index (κ2) is 7.16. The predicted molar refractivity (Wildman–Crippen MR) is 90.1 cm³/mol.